The van der Waals surface area contributed by atoms with Crippen molar-refractivity contribution in [3.63, 3.8) is 0 Å². The minimum absolute atomic E-state index is 0.00963. The second-order valence-electron chi connectivity index (χ2n) is 4.82. The van der Waals surface area contributed by atoms with Gasteiger partial charge in [0.1, 0.15) is 5.76 Å². The summed E-state index contributed by atoms with van der Waals surface area (Å²) in [5.74, 6) is 1.25. The normalized spacial score (nSPS) is 10.6. The SMILES string of the molecule is Cc1cc(NC(=O)CSCC(=O)N(C)Cc2ccc(Br)s2)no1. The molecule has 0 aliphatic carbocycles. The molecule has 0 saturated carbocycles. The molecule has 0 aromatic carbocycles. The third-order valence-corrected chi connectivity index (χ3v) is 5.33. The van der Waals surface area contributed by atoms with Crippen LogP contribution in [0.5, 0.6) is 0 Å². The molecule has 2 heterocycles. The summed E-state index contributed by atoms with van der Waals surface area (Å²) in [6, 6.07) is 5.59. The molecular formula is C14H16BrN3O3S2. The Balaban J connectivity index is 1.68. The number of hydrogen-bond acceptors (Lipinski definition) is 6. The van der Waals surface area contributed by atoms with Crippen molar-refractivity contribution in [1.82, 2.24) is 10.1 Å². The average molecular weight is 418 g/mol. The van der Waals surface area contributed by atoms with E-state index in [4.69, 9.17) is 4.52 Å². The molecule has 6 nitrogen and oxygen atoms in total. The van der Waals surface area contributed by atoms with E-state index >= 15 is 0 Å². The first-order chi connectivity index (χ1) is 10.9. The number of anilines is 1. The zero-order chi connectivity index (χ0) is 16.8. The summed E-state index contributed by atoms with van der Waals surface area (Å²) < 4.78 is 5.91. The van der Waals surface area contributed by atoms with E-state index in [-0.39, 0.29) is 23.3 Å². The van der Waals surface area contributed by atoms with Gasteiger partial charge in [-0.15, -0.1) is 23.1 Å². The summed E-state index contributed by atoms with van der Waals surface area (Å²) in [4.78, 5) is 26.5. The number of carbonyl (C=O) groups is 2. The number of nitrogens with zero attached hydrogens (tertiary/aromatic N) is 2. The van der Waals surface area contributed by atoms with Gasteiger partial charge in [-0.1, -0.05) is 5.16 Å². The van der Waals surface area contributed by atoms with Crippen LogP contribution in [0, 0.1) is 6.92 Å². The van der Waals surface area contributed by atoms with E-state index in [9.17, 15) is 9.59 Å². The van der Waals surface area contributed by atoms with Gasteiger partial charge in [0.05, 0.1) is 21.8 Å². The van der Waals surface area contributed by atoms with Crippen LogP contribution in [-0.4, -0.2) is 40.4 Å². The van der Waals surface area contributed by atoms with E-state index in [0.29, 0.717) is 18.1 Å². The molecule has 0 radical (unpaired) electrons. The largest absolute Gasteiger partial charge is 0.360 e. The highest BCUT2D eigenvalue weighted by Gasteiger charge is 2.12. The van der Waals surface area contributed by atoms with E-state index in [2.05, 4.69) is 26.4 Å². The maximum atomic E-state index is 12.0. The predicted octanol–water partition coefficient (Wildman–Crippen LogP) is 3.14. The molecule has 0 unspecified atom stereocenters. The highest BCUT2D eigenvalue weighted by Crippen LogP contribution is 2.23. The van der Waals surface area contributed by atoms with Crippen molar-refractivity contribution in [1.29, 1.82) is 0 Å². The van der Waals surface area contributed by atoms with Gasteiger partial charge in [0, 0.05) is 18.0 Å². The van der Waals surface area contributed by atoms with Crippen molar-refractivity contribution >= 4 is 56.7 Å². The van der Waals surface area contributed by atoms with Gasteiger partial charge in [-0.2, -0.15) is 0 Å². The Morgan fingerprint density at radius 3 is 2.83 bits per heavy atom. The molecule has 9 heteroatoms. The minimum atomic E-state index is -0.207. The van der Waals surface area contributed by atoms with Crippen molar-refractivity contribution in [2.45, 2.75) is 13.5 Å². The summed E-state index contributed by atoms with van der Waals surface area (Å²) in [6.45, 7) is 2.32. The summed E-state index contributed by atoms with van der Waals surface area (Å²) in [7, 11) is 1.76. The summed E-state index contributed by atoms with van der Waals surface area (Å²) in [5.41, 5.74) is 0. The molecule has 0 aliphatic rings. The van der Waals surface area contributed by atoms with Gasteiger partial charge in [0.15, 0.2) is 5.82 Å². The van der Waals surface area contributed by atoms with Gasteiger partial charge >= 0.3 is 0 Å². The van der Waals surface area contributed by atoms with E-state index in [1.54, 1.807) is 36.3 Å². The molecule has 0 atom stereocenters. The molecule has 0 fully saturated rings. The first kappa shape index (κ1) is 18.0. The molecule has 2 aromatic rings. The van der Waals surface area contributed by atoms with Crippen LogP contribution in [0.4, 0.5) is 5.82 Å². The van der Waals surface area contributed by atoms with E-state index < -0.39 is 0 Å². The number of amides is 2. The average Bonchev–Trinajstić information content (AvgIpc) is 3.07. The Morgan fingerprint density at radius 1 is 1.43 bits per heavy atom. The number of carbonyl (C=O) groups excluding carboxylic acids is 2. The smallest absolute Gasteiger partial charge is 0.235 e. The van der Waals surface area contributed by atoms with E-state index in [1.165, 1.54) is 11.8 Å². The van der Waals surface area contributed by atoms with Crippen molar-refractivity contribution < 1.29 is 14.1 Å². The maximum Gasteiger partial charge on any atom is 0.235 e. The standard InChI is InChI=1S/C14H16BrN3O3S2/c1-9-5-12(17-21-9)16-13(19)7-22-8-14(20)18(2)6-10-3-4-11(15)23-10/h3-5H,6-8H2,1-2H3,(H,16,17,19). The molecule has 0 spiro atoms. The van der Waals surface area contributed by atoms with Gasteiger partial charge in [0.2, 0.25) is 11.8 Å². The van der Waals surface area contributed by atoms with Crippen LogP contribution >= 0.6 is 39.0 Å². The number of halogens is 1. The third-order valence-electron chi connectivity index (χ3n) is 2.80. The lowest BCUT2D eigenvalue weighted by atomic mass is 10.4. The third kappa shape index (κ3) is 6.00. The van der Waals surface area contributed by atoms with Crippen LogP contribution in [0.1, 0.15) is 10.6 Å². The summed E-state index contributed by atoms with van der Waals surface area (Å²) in [5, 5.41) is 6.30. The number of hydrogen-bond donors (Lipinski definition) is 1. The van der Waals surface area contributed by atoms with Crippen molar-refractivity contribution in [3.8, 4) is 0 Å². The van der Waals surface area contributed by atoms with Gasteiger partial charge in [0.25, 0.3) is 0 Å². The second-order valence-corrected chi connectivity index (χ2v) is 8.35. The lowest BCUT2D eigenvalue weighted by molar-refractivity contribution is -0.127. The molecule has 0 saturated heterocycles. The van der Waals surface area contributed by atoms with Crippen LogP contribution in [0.3, 0.4) is 0 Å². The summed E-state index contributed by atoms with van der Waals surface area (Å²) >= 11 is 6.27. The van der Waals surface area contributed by atoms with Gasteiger partial charge < -0.3 is 14.7 Å². The van der Waals surface area contributed by atoms with Crippen molar-refractivity contribution in [3.05, 3.63) is 32.6 Å². The van der Waals surface area contributed by atoms with Gasteiger partial charge in [-0.25, -0.2) is 0 Å². The number of rotatable bonds is 7. The zero-order valence-corrected chi connectivity index (χ0v) is 15.9. The molecular weight excluding hydrogens is 402 g/mol. The Bertz CT molecular complexity index is 686. The fourth-order valence-corrected chi connectivity index (χ4v) is 4.00. The molecule has 0 bridgehead atoms. The van der Waals surface area contributed by atoms with Crippen molar-refractivity contribution in [2.24, 2.45) is 0 Å². The maximum absolute atomic E-state index is 12.0. The molecule has 2 aromatic heterocycles. The Labute approximate surface area is 150 Å². The first-order valence-corrected chi connectivity index (χ1v) is 9.49. The van der Waals surface area contributed by atoms with Crippen LogP contribution in [0.25, 0.3) is 0 Å². The lowest BCUT2D eigenvalue weighted by Gasteiger charge is -2.15. The van der Waals surface area contributed by atoms with Crippen LogP contribution in [0.2, 0.25) is 0 Å². The molecule has 124 valence electrons. The number of thiophene rings is 1. The minimum Gasteiger partial charge on any atom is -0.360 e. The van der Waals surface area contributed by atoms with Crippen molar-refractivity contribution in [2.75, 3.05) is 23.9 Å². The number of thioether (sulfide) groups is 1. The number of nitrogens with one attached hydrogen (secondary N) is 1. The topological polar surface area (TPSA) is 75.4 Å². The second kappa shape index (κ2) is 8.51. The molecule has 0 aliphatic heterocycles. The van der Waals surface area contributed by atoms with Crippen LogP contribution in [0.15, 0.2) is 26.5 Å². The van der Waals surface area contributed by atoms with E-state index in [0.717, 1.165) is 8.66 Å². The molecule has 2 amide bonds. The molecule has 23 heavy (non-hydrogen) atoms. The fraction of sp³-hybridized carbons (Fsp3) is 0.357. The Morgan fingerprint density at radius 2 is 2.22 bits per heavy atom. The Hall–Kier alpha value is -1.32. The number of aromatic nitrogens is 1. The molecule has 2 rings (SSSR count). The fourth-order valence-electron chi connectivity index (χ4n) is 1.70. The first-order valence-electron chi connectivity index (χ1n) is 6.73. The highest BCUT2D eigenvalue weighted by molar-refractivity contribution is 9.11. The summed E-state index contributed by atoms with van der Waals surface area (Å²) in [6.07, 6.45) is 0. The van der Waals surface area contributed by atoms with Crippen LogP contribution in [-0.2, 0) is 16.1 Å². The molecule has 1 N–H and O–H groups in total. The number of aryl methyl sites for hydroxylation is 1. The quantitative estimate of drug-likeness (QED) is 0.748. The Kier molecular flexibility index (Phi) is 6.67. The zero-order valence-electron chi connectivity index (χ0n) is 12.7. The van der Waals surface area contributed by atoms with Gasteiger partial charge in [-0.05, 0) is 35.0 Å². The lowest BCUT2D eigenvalue weighted by Crippen LogP contribution is -2.28. The highest BCUT2D eigenvalue weighted by atomic mass is 79.9. The van der Waals surface area contributed by atoms with Crippen LogP contribution < -0.4 is 5.32 Å². The van der Waals surface area contributed by atoms with Gasteiger partial charge in [-0.3, -0.25) is 9.59 Å². The monoisotopic (exact) mass is 417 g/mol. The van der Waals surface area contributed by atoms with E-state index in [1.807, 2.05) is 12.1 Å². The predicted molar refractivity (Wildman–Crippen MR) is 95.7 cm³/mol.